The Morgan fingerprint density at radius 1 is 1.40 bits per heavy atom. The van der Waals surface area contributed by atoms with Gasteiger partial charge < -0.3 is 9.64 Å². The summed E-state index contributed by atoms with van der Waals surface area (Å²) in [7, 11) is -3.51. The van der Waals surface area contributed by atoms with Crippen molar-refractivity contribution in [1.82, 2.24) is 9.62 Å². The van der Waals surface area contributed by atoms with Gasteiger partial charge in [-0.3, -0.25) is 0 Å². The topological polar surface area (TPSA) is 75.7 Å². The van der Waals surface area contributed by atoms with E-state index in [9.17, 15) is 13.2 Å². The van der Waals surface area contributed by atoms with Crippen LogP contribution >= 0.6 is 11.6 Å². The Labute approximate surface area is 154 Å². The SMILES string of the molecule is CC(C)(C)OC(=O)N1CCC[C@@H]1CNS(=O)(=O)Cc1cccc(Cl)c1. The minimum Gasteiger partial charge on any atom is -0.444 e. The average Bonchev–Trinajstić information content (AvgIpc) is 2.91. The van der Waals surface area contributed by atoms with Crippen molar-refractivity contribution in [3.63, 3.8) is 0 Å². The first kappa shape index (κ1) is 20.0. The van der Waals surface area contributed by atoms with E-state index in [4.69, 9.17) is 16.3 Å². The molecule has 0 saturated carbocycles. The molecule has 8 heteroatoms. The zero-order valence-electron chi connectivity index (χ0n) is 14.8. The second-order valence-electron chi connectivity index (χ2n) is 7.21. The number of nitrogens with zero attached hydrogens (tertiary/aromatic N) is 1. The first-order valence-electron chi connectivity index (χ1n) is 8.27. The van der Waals surface area contributed by atoms with Crippen LogP contribution in [0.15, 0.2) is 24.3 Å². The molecule has 6 nitrogen and oxygen atoms in total. The number of hydrogen-bond acceptors (Lipinski definition) is 4. The molecule has 25 heavy (non-hydrogen) atoms. The van der Waals surface area contributed by atoms with E-state index in [0.29, 0.717) is 17.1 Å². The molecule has 1 aliphatic heterocycles. The number of sulfonamides is 1. The maximum atomic E-state index is 12.3. The first-order chi connectivity index (χ1) is 11.6. The number of likely N-dealkylation sites (tertiary alicyclic amines) is 1. The van der Waals surface area contributed by atoms with Gasteiger partial charge in [0.25, 0.3) is 0 Å². The molecule has 0 radical (unpaired) electrons. The molecular formula is C17H25ClN2O4S. The normalized spacial score (nSPS) is 18.4. The van der Waals surface area contributed by atoms with Gasteiger partial charge in [-0.1, -0.05) is 23.7 Å². The number of ether oxygens (including phenoxy) is 1. The van der Waals surface area contributed by atoms with Crippen LogP contribution in [-0.4, -0.2) is 44.1 Å². The molecule has 2 rings (SSSR count). The Morgan fingerprint density at radius 2 is 2.12 bits per heavy atom. The molecule has 1 aromatic carbocycles. The van der Waals surface area contributed by atoms with Crippen molar-refractivity contribution in [1.29, 1.82) is 0 Å². The maximum absolute atomic E-state index is 12.3. The zero-order chi connectivity index (χ0) is 18.7. The van der Waals surface area contributed by atoms with Gasteiger partial charge in [0.05, 0.1) is 5.75 Å². The molecule has 140 valence electrons. The average molecular weight is 389 g/mol. The lowest BCUT2D eigenvalue weighted by atomic mass is 10.2. The van der Waals surface area contributed by atoms with Crippen molar-refractivity contribution >= 4 is 27.7 Å². The predicted octanol–water partition coefficient (Wildman–Crippen LogP) is 3.16. The zero-order valence-corrected chi connectivity index (χ0v) is 16.4. The van der Waals surface area contributed by atoms with Crippen molar-refractivity contribution in [2.24, 2.45) is 0 Å². The van der Waals surface area contributed by atoms with Crippen LogP contribution in [0, 0.1) is 0 Å². The van der Waals surface area contributed by atoms with Crippen LogP contribution in [0.2, 0.25) is 5.02 Å². The summed E-state index contributed by atoms with van der Waals surface area (Å²) in [5.74, 6) is -0.146. The van der Waals surface area contributed by atoms with Crippen LogP contribution < -0.4 is 4.72 Å². The number of rotatable bonds is 5. The van der Waals surface area contributed by atoms with E-state index in [0.717, 1.165) is 12.8 Å². The van der Waals surface area contributed by atoms with Crippen molar-refractivity contribution in [3.05, 3.63) is 34.9 Å². The second kappa shape index (κ2) is 7.93. The van der Waals surface area contributed by atoms with E-state index < -0.39 is 21.7 Å². The third-order valence-corrected chi connectivity index (χ3v) is 5.34. The Hall–Kier alpha value is -1.31. The highest BCUT2D eigenvalue weighted by molar-refractivity contribution is 7.88. The minimum absolute atomic E-state index is 0.146. The predicted molar refractivity (Wildman–Crippen MR) is 98.0 cm³/mol. The Kier molecular flexibility index (Phi) is 6.35. The maximum Gasteiger partial charge on any atom is 0.410 e. The molecule has 1 heterocycles. The largest absolute Gasteiger partial charge is 0.444 e. The molecule has 1 N–H and O–H groups in total. The molecule has 1 saturated heterocycles. The summed E-state index contributed by atoms with van der Waals surface area (Å²) >= 11 is 5.89. The fourth-order valence-electron chi connectivity index (χ4n) is 2.73. The molecule has 0 spiro atoms. The van der Waals surface area contributed by atoms with Gasteiger partial charge in [0.2, 0.25) is 10.0 Å². The van der Waals surface area contributed by atoms with Crippen molar-refractivity contribution in [2.45, 2.75) is 51.0 Å². The Balaban J connectivity index is 1.93. The van der Waals surface area contributed by atoms with Crippen LogP contribution in [0.5, 0.6) is 0 Å². The van der Waals surface area contributed by atoms with Gasteiger partial charge in [-0.25, -0.2) is 17.9 Å². The summed E-state index contributed by atoms with van der Waals surface area (Å²) < 4.78 is 32.6. The van der Waals surface area contributed by atoms with Crippen LogP contribution in [0.4, 0.5) is 4.79 Å². The fraction of sp³-hybridized carbons (Fsp3) is 0.588. The monoisotopic (exact) mass is 388 g/mol. The van der Waals surface area contributed by atoms with Gasteiger partial charge in [-0.05, 0) is 51.3 Å². The highest BCUT2D eigenvalue weighted by atomic mass is 35.5. The third kappa shape index (κ3) is 6.49. The summed E-state index contributed by atoms with van der Waals surface area (Å²) in [5, 5.41) is 0.500. The van der Waals surface area contributed by atoms with Gasteiger partial charge >= 0.3 is 6.09 Å². The molecule has 1 atom stereocenters. The summed E-state index contributed by atoms with van der Waals surface area (Å²) in [6.07, 6.45) is 1.18. The van der Waals surface area contributed by atoms with Crippen molar-refractivity contribution in [2.75, 3.05) is 13.1 Å². The lowest BCUT2D eigenvalue weighted by Crippen LogP contribution is -2.45. The number of benzene rings is 1. The number of nitrogens with one attached hydrogen (secondary N) is 1. The van der Waals surface area contributed by atoms with Crippen LogP contribution in [-0.2, 0) is 20.5 Å². The van der Waals surface area contributed by atoms with E-state index in [2.05, 4.69) is 4.72 Å². The first-order valence-corrected chi connectivity index (χ1v) is 10.3. The Morgan fingerprint density at radius 3 is 2.76 bits per heavy atom. The lowest BCUT2D eigenvalue weighted by molar-refractivity contribution is 0.0229. The number of amides is 1. The van der Waals surface area contributed by atoms with Gasteiger partial charge in [0.1, 0.15) is 5.60 Å². The highest BCUT2D eigenvalue weighted by Gasteiger charge is 2.32. The molecule has 0 aromatic heterocycles. The molecule has 0 bridgehead atoms. The van der Waals surface area contributed by atoms with E-state index in [1.54, 1.807) is 29.2 Å². The molecule has 0 unspecified atom stereocenters. The number of carbonyl (C=O) groups excluding carboxylic acids is 1. The summed E-state index contributed by atoms with van der Waals surface area (Å²) in [4.78, 5) is 13.8. The minimum atomic E-state index is -3.51. The van der Waals surface area contributed by atoms with Crippen LogP contribution in [0.25, 0.3) is 0 Å². The van der Waals surface area contributed by atoms with Crippen LogP contribution in [0.3, 0.4) is 0 Å². The molecule has 0 aliphatic carbocycles. The molecule has 1 fully saturated rings. The molecular weight excluding hydrogens is 364 g/mol. The number of carbonyl (C=O) groups is 1. The van der Waals surface area contributed by atoms with Gasteiger partial charge in [-0.15, -0.1) is 0 Å². The van der Waals surface area contributed by atoms with Crippen molar-refractivity contribution in [3.8, 4) is 0 Å². The van der Waals surface area contributed by atoms with E-state index in [1.165, 1.54) is 0 Å². The smallest absolute Gasteiger partial charge is 0.410 e. The van der Waals surface area contributed by atoms with Gasteiger partial charge in [0.15, 0.2) is 0 Å². The second-order valence-corrected chi connectivity index (χ2v) is 9.45. The molecule has 1 amide bonds. The van der Waals surface area contributed by atoms with Crippen LogP contribution in [0.1, 0.15) is 39.2 Å². The molecule has 1 aromatic rings. The van der Waals surface area contributed by atoms with E-state index in [-0.39, 0.29) is 18.3 Å². The van der Waals surface area contributed by atoms with E-state index >= 15 is 0 Å². The lowest BCUT2D eigenvalue weighted by Gasteiger charge is -2.28. The third-order valence-electron chi connectivity index (χ3n) is 3.79. The quantitative estimate of drug-likeness (QED) is 0.840. The standard InChI is InChI=1S/C17H25ClN2O4S/c1-17(2,3)24-16(21)20-9-5-8-15(20)11-19-25(22,23)12-13-6-4-7-14(18)10-13/h4,6-7,10,15,19H,5,8-9,11-12H2,1-3H3/t15-/m1/s1. The highest BCUT2D eigenvalue weighted by Crippen LogP contribution is 2.21. The summed E-state index contributed by atoms with van der Waals surface area (Å²) in [5.41, 5.74) is 0.0477. The van der Waals surface area contributed by atoms with E-state index in [1.807, 2.05) is 20.8 Å². The summed E-state index contributed by atoms with van der Waals surface area (Å²) in [6.45, 7) is 6.19. The number of hydrogen-bond donors (Lipinski definition) is 1. The fourth-order valence-corrected chi connectivity index (χ4v) is 4.11. The molecule has 1 aliphatic rings. The van der Waals surface area contributed by atoms with Crippen molar-refractivity contribution < 1.29 is 17.9 Å². The van der Waals surface area contributed by atoms with Gasteiger partial charge in [-0.2, -0.15) is 0 Å². The summed E-state index contributed by atoms with van der Waals surface area (Å²) in [6, 6.07) is 6.57. The number of halogens is 1. The van der Waals surface area contributed by atoms with Gasteiger partial charge in [0, 0.05) is 24.2 Å². The Bertz CT molecular complexity index is 716.